The molecule has 2 aromatic rings. The van der Waals surface area contributed by atoms with Gasteiger partial charge in [-0.15, -0.1) is 0 Å². The highest BCUT2D eigenvalue weighted by atomic mass is 16.5. The zero-order valence-electron chi connectivity index (χ0n) is 11.6. The molecule has 2 heterocycles. The van der Waals surface area contributed by atoms with E-state index in [4.69, 9.17) is 15.5 Å². The van der Waals surface area contributed by atoms with E-state index < -0.39 is 5.54 Å². The van der Waals surface area contributed by atoms with E-state index in [0.717, 1.165) is 37.3 Å². The number of benzene rings is 1. The Bertz CT molecular complexity index is 597. The summed E-state index contributed by atoms with van der Waals surface area (Å²) >= 11 is 0. The Labute approximate surface area is 113 Å². The lowest BCUT2D eigenvalue weighted by atomic mass is 9.99. The molecule has 1 aliphatic rings. The number of hydrogen-bond donors (Lipinski definition) is 1. The van der Waals surface area contributed by atoms with Crippen molar-refractivity contribution in [1.29, 1.82) is 0 Å². The van der Waals surface area contributed by atoms with Crippen LogP contribution in [0.15, 0.2) is 18.2 Å². The molecule has 1 atom stereocenters. The van der Waals surface area contributed by atoms with Gasteiger partial charge in [0.2, 0.25) is 0 Å². The molecular weight excluding hydrogens is 238 g/mol. The fourth-order valence-corrected chi connectivity index (χ4v) is 2.83. The number of hydrogen-bond acceptors (Lipinski definition) is 3. The Morgan fingerprint density at radius 1 is 1.47 bits per heavy atom. The van der Waals surface area contributed by atoms with Crippen molar-refractivity contribution < 1.29 is 4.74 Å². The maximum Gasteiger partial charge on any atom is 0.132 e. The minimum Gasteiger partial charge on any atom is -0.379 e. The van der Waals surface area contributed by atoms with Crippen LogP contribution in [-0.2, 0) is 16.8 Å². The SMILES string of the molecule is CCCn1c(C2(N)CCOC2)nc2cc(C)ccc21. The number of aryl methyl sites for hydroxylation is 2. The van der Waals surface area contributed by atoms with E-state index in [2.05, 4.69) is 36.6 Å². The lowest BCUT2D eigenvalue weighted by Gasteiger charge is -2.22. The van der Waals surface area contributed by atoms with Gasteiger partial charge in [0.15, 0.2) is 0 Å². The van der Waals surface area contributed by atoms with Crippen LogP contribution in [0.2, 0.25) is 0 Å². The molecular formula is C15H21N3O. The topological polar surface area (TPSA) is 53.1 Å². The number of rotatable bonds is 3. The Balaban J connectivity index is 2.19. The largest absolute Gasteiger partial charge is 0.379 e. The average Bonchev–Trinajstić information content (AvgIpc) is 2.95. The molecule has 102 valence electrons. The van der Waals surface area contributed by atoms with Gasteiger partial charge in [-0.1, -0.05) is 13.0 Å². The molecule has 4 nitrogen and oxygen atoms in total. The minimum absolute atomic E-state index is 0.428. The number of fused-ring (bicyclic) bond motifs is 1. The summed E-state index contributed by atoms with van der Waals surface area (Å²) in [6.07, 6.45) is 1.92. The van der Waals surface area contributed by atoms with E-state index in [1.54, 1.807) is 0 Å². The summed E-state index contributed by atoms with van der Waals surface area (Å²) in [6.45, 7) is 6.52. The average molecular weight is 259 g/mol. The standard InChI is InChI=1S/C15H21N3O/c1-3-7-18-13-5-4-11(2)9-12(13)17-14(18)15(16)6-8-19-10-15/h4-5,9H,3,6-8,10,16H2,1-2H3. The third-order valence-electron chi connectivity index (χ3n) is 3.85. The molecule has 4 heteroatoms. The molecule has 3 rings (SSSR count). The van der Waals surface area contributed by atoms with E-state index >= 15 is 0 Å². The van der Waals surface area contributed by atoms with Gasteiger partial charge in [0.05, 0.1) is 17.6 Å². The molecule has 1 fully saturated rings. The van der Waals surface area contributed by atoms with Crippen molar-refractivity contribution in [3.05, 3.63) is 29.6 Å². The van der Waals surface area contributed by atoms with Crippen LogP contribution in [0.4, 0.5) is 0 Å². The third kappa shape index (κ3) is 2.05. The number of nitrogens with zero attached hydrogens (tertiary/aromatic N) is 2. The molecule has 0 saturated carbocycles. The summed E-state index contributed by atoms with van der Waals surface area (Å²) in [5, 5.41) is 0. The van der Waals surface area contributed by atoms with Crippen molar-refractivity contribution in [3.8, 4) is 0 Å². The van der Waals surface area contributed by atoms with Gasteiger partial charge in [-0.05, 0) is 37.5 Å². The van der Waals surface area contributed by atoms with Gasteiger partial charge in [-0.25, -0.2) is 4.98 Å². The second kappa shape index (κ2) is 4.62. The van der Waals surface area contributed by atoms with E-state index in [1.165, 1.54) is 11.1 Å². The van der Waals surface area contributed by atoms with Crippen LogP contribution >= 0.6 is 0 Å². The Morgan fingerprint density at radius 2 is 2.32 bits per heavy atom. The van der Waals surface area contributed by atoms with Gasteiger partial charge < -0.3 is 15.0 Å². The van der Waals surface area contributed by atoms with Crippen molar-refractivity contribution >= 4 is 11.0 Å². The predicted molar refractivity (Wildman–Crippen MR) is 76.1 cm³/mol. The van der Waals surface area contributed by atoms with Crippen LogP contribution in [0, 0.1) is 6.92 Å². The van der Waals surface area contributed by atoms with Gasteiger partial charge in [0, 0.05) is 13.2 Å². The van der Waals surface area contributed by atoms with Crippen molar-refractivity contribution in [2.75, 3.05) is 13.2 Å². The monoisotopic (exact) mass is 259 g/mol. The lowest BCUT2D eigenvalue weighted by Crippen LogP contribution is -2.40. The number of imidazole rings is 1. The molecule has 19 heavy (non-hydrogen) atoms. The minimum atomic E-state index is -0.428. The highest BCUT2D eigenvalue weighted by molar-refractivity contribution is 5.77. The van der Waals surface area contributed by atoms with Crippen molar-refractivity contribution in [1.82, 2.24) is 9.55 Å². The summed E-state index contributed by atoms with van der Waals surface area (Å²) in [4.78, 5) is 4.80. The fourth-order valence-electron chi connectivity index (χ4n) is 2.83. The summed E-state index contributed by atoms with van der Waals surface area (Å²) in [7, 11) is 0. The highest BCUT2D eigenvalue weighted by Crippen LogP contribution is 2.30. The first-order valence-corrected chi connectivity index (χ1v) is 6.98. The molecule has 0 amide bonds. The second-order valence-corrected chi connectivity index (χ2v) is 5.54. The van der Waals surface area contributed by atoms with E-state index in [0.29, 0.717) is 6.61 Å². The maximum absolute atomic E-state index is 6.51. The number of nitrogens with two attached hydrogens (primary N) is 1. The molecule has 1 saturated heterocycles. The predicted octanol–water partition coefficient (Wildman–Crippen LogP) is 2.33. The van der Waals surface area contributed by atoms with E-state index in [9.17, 15) is 0 Å². The van der Waals surface area contributed by atoms with Gasteiger partial charge in [-0.2, -0.15) is 0 Å². The van der Waals surface area contributed by atoms with Crippen LogP contribution in [0.5, 0.6) is 0 Å². The zero-order chi connectivity index (χ0) is 13.5. The first kappa shape index (κ1) is 12.6. The van der Waals surface area contributed by atoms with Gasteiger partial charge in [0.1, 0.15) is 11.4 Å². The van der Waals surface area contributed by atoms with Crippen molar-refractivity contribution in [2.24, 2.45) is 5.73 Å². The number of aromatic nitrogens is 2. The van der Waals surface area contributed by atoms with Gasteiger partial charge in [-0.3, -0.25) is 0 Å². The highest BCUT2D eigenvalue weighted by Gasteiger charge is 2.37. The molecule has 0 spiro atoms. The van der Waals surface area contributed by atoms with Gasteiger partial charge in [0.25, 0.3) is 0 Å². The van der Waals surface area contributed by atoms with E-state index in [1.807, 2.05) is 0 Å². The van der Waals surface area contributed by atoms with Crippen LogP contribution in [0.3, 0.4) is 0 Å². The molecule has 0 radical (unpaired) electrons. The van der Waals surface area contributed by atoms with Gasteiger partial charge >= 0.3 is 0 Å². The Kier molecular flexibility index (Phi) is 3.07. The lowest BCUT2D eigenvalue weighted by molar-refractivity contribution is 0.175. The summed E-state index contributed by atoms with van der Waals surface area (Å²) < 4.78 is 7.76. The first-order chi connectivity index (χ1) is 9.14. The third-order valence-corrected chi connectivity index (χ3v) is 3.85. The Morgan fingerprint density at radius 3 is 3.00 bits per heavy atom. The van der Waals surface area contributed by atoms with Crippen LogP contribution in [0.1, 0.15) is 31.2 Å². The summed E-state index contributed by atoms with van der Waals surface area (Å²) in [5.74, 6) is 0.979. The van der Waals surface area contributed by atoms with Crippen molar-refractivity contribution in [2.45, 2.75) is 38.8 Å². The Hall–Kier alpha value is -1.39. The summed E-state index contributed by atoms with van der Waals surface area (Å²) in [6, 6.07) is 6.41. The smallest absolute Gasteiger partial charge is 0.132 e. The maximum atomic E-state index is 6.51. The molecule has 0 bridgehead atoms. The molecule has 2 N–H and O–H groups in total. The van der Waals surface area contributed by atoms with E-state index in [-0.39, 0.29) is 0 Å². The molecule has 0 aliphatic carbocycles. The molecule has 1 aliphatic heterocycles. The van der Waals surface area contributed by atoms with Crippen molar-refractivity contribution in [3.63, 3.8) is 0 Å². The van der Waals surface area contributed by atoms with Crippen LogP contribution in [-0.4, -0.2) is 22.8 Å². The normalized spacial score (nSPS) is 23.3. The molecule has 1 unspecified atom stereocenters. The first-order valence-electron chi connectivity index (χ1n) is 6.98. The zero-order valence-corrected chi connectivity index (χ0v) is 11.6. The van der Waals surface area contributed by atoms with Crippen LogP contribution < -0.4 is 5.73 Å². The quantitative estimate of drug-likeness (QED) is 0.920. The second-order valence-electron chi connectivity index (χ2n) is 5.54. The molecule has 1 aromatic heterocycles. The number of ether oxygens (including phenoxy) is 1. The molecule has 1 aromatic carbocycles. The fraction of sp³-hybridized carbons (Fsp3) is 0.533. The summed E-state index contributed by atoms with van der Waals surface area (Å²) in [5.41, 5.74) is 9.53. The van der Waals surface area contributed by atoms with Crippen LogP contribution in [0.25, 0.3) is 11.0 Å².